The molecular weight excluding hydrogens is 402 g/mol. The van der Waals surface area contributed by atoms with E-state index >= 15 is 0 Å². The molecule has 32 heavy (non-hydrogen) atoms. The van der Waals surface area contributed by atoms with Crippen LogP contribution in [0.15, 0.2) is 36.7 Å². The quantitative estimate of drug-likeness (QED) is 0.650. The van der Waals surface area contributed by atoms with Gasteiger partial charge in [0.2, 0.25) is 0 Å². The minimum atomic E-state index is -0.0792. The Labute approximate surface area is 188 Å². The Hall–Kier alpha value is -2.93. The molecule has 0 radical (unpaired) electrons. The Kier molecular flexibility index (Phi) is 5.83. The van der Waals surface area contributed by atoms with Gasteiger partial charge in [-0.3, -0.25) is 5.32 Å². The van der Waals surface area contributed by atoms with E-state index in [0.29, 0.717) is 11.7 Å². The summed E-state index contributed by atoms with van der Waals surface area (Å²) in [6.45, 7) is 7.34. The third-order valence-corrected chi connectivity index (χ3v) is 6.98. The molecular formula is C25H31N5O2. The summed E-state index contributed by atoms with van der Waals surface area (Å²) in [4.78, 5) is 24.0. The van der Waals surface area contributed by atoms with Gasteiger partial charge < -0.3 is 14.2 Å². The van der Waals surface area contributed by atoms with E-state index in [1.807, 2.05) is 11.0 Å². The highest BCUT2D eigenvalue weighted by Gasteiger charge is 2.28. The Morgan fingerprint density at radius 1 is 1.19 bits per heavy atom. The molecule has 0 bridgehead atoms. The first-order chi connectivity index (χ1) is 15.6. The molecule has 7 heteroatoms. The van der Waals surface area contributed by atoms with Crippen molar-refractivity contribution >= 4 is 22.9 Å². The molecule has 2 aliphatic rings. The molecule has 0 saturated carbocycles. The van der Waals surface area contributed by atoms with Gasteiger partial charge in [-0.15, -0.1) is 0 Å². The van der Waals surface area contributed by atoms with Crippen LogP contribution >= 0.6 is 0 Å². The lowest BCUT2D eigenvalue weighted by atomic mass is 9.99. The zero-order chi connectivity index (χ0) is 22.1. The van der Waals surface area contributed by atoms with Gasteiger partial charge in [0, 0.05) is 25.4 Å². The Bertz CT molecular complexity index is 1100. The number of amides is 2. The summed E-state index contributed by atoms with van der Waals surface area (Å²) in [5.74, 6) is 1.09. The van der Waals surface area contributed by atoms with Gasteiger partial charge in [-0.05, 0) is 56.6 Å². The molecule has 0 spiro atoms. The summed E-state index contributed by atoms with van der Waals surface area (Å²) in [6.07, 6.45) is 5.99. The predicted molar refractivity (Wildman–Crippen MR) is 125 cm³/mol. The molecule has 2 atom stereocenters. The van der Waals surface area contributed by atoms with Crippen molar-refractivity contribution in [3.63, 3.8) is 0 Å². The first kappa shape index (κ1) is 20.9. The fourth-order valence-electron chi connectivity index (χ4n) is 5.09. The molecule has 2 saturated heterocycles. The van der Waals surface area contributed by atoms with Gasteiger partial charge in [0.1, 0.15) is 17.8 Å². The minimum absolute atomic E-state index is 0.0792. The van der Waals surface area contributed by atoms with E-state index in [-0.39, 0.29) is 12.1 Å². The van der Waals surface area contributed by atoms with E-state index in [0.717, 1.165) is 74.2 Å². The number of carbonyl (C=O) groups is 1. The number of urea groups is 1. The van der Waals surface area contributed by atoms with Crippen LogP contribution < -0.4 is 5.32 Å². The first-order valence-electron chi connectivity index (χ1n) is 11.6. The predicted octanol–water partition coefficient (Wildman–Crippen LogP) is 4.32. The van der Waals surface area contributed by atoms with Crippen molar-refractivity contribution < 1.29 is 9.53 Å². The van der Waals surface area contributed by atoms with Crippen LogP contribution in [0, 0.1) is 19.8 Å². The maximum absolute atomic E-state index is 13.1. The summed E-state index contributed by atoms with van der Waals surface area (Å²) >= 11 is 0. The number of anilines is 1. The number of hydrogen-bond acceptors (Lipinski definition) is 4. The highest BCUT2D eigenvalue weighted by molar-refractivity contribution is 6.00. The summed E-state index contributed by atoms with van der Waals surface area (Å²) < 4.78 is 8.06. The second-order valence-corrected chi connectivity index (χ2v) is 9.10. The highest BCUT2D eigenvalue weighted by Crippen LogP contribution is 2.30. The van der Waals surface area contributed by atoms with Crippen LogP contribution in [-0.4, -0.2) is 51.3 Å². The summed E-state index contributed by atoms with van der Waals surface area (Å²) in [5.41, 5.74) is 4.45. The van der Waals surface area contributed by atoms with Crippen molar-refractivity contribution in [2.75, 3.05) is 25.0 Å². The lowest BCUT2D eigenvalue weighted by Gasteiger charge is -2.17. The Morgan fingerprint density at radius 2 is 2.03 bits per heavy atom. The Morgan fingerprint density at radius 3 is 2.81 bits per heavy atom. The summed E-state index contributed by atoms with van der Waals surface area (Å²) in [6, 6.07) is 10.4. The van der Waals surface area contributed by atoms with E-state index in [9.17, 15) is 4.79 Å². The van der Waals surface area contributed by atoms with E-state index in [1.165, 1.54) is 5.56 Å². The zero-order valence-electron chi connectivity index (χ0n) is 18.9. The van der Waals surface area contributed by atoms with Crippen LogP contribution in [-0.2, 0) is 17.7 Å². The number of hydrogen-bond donors (Lipinski definition) is 1. The Balaban J connectivity index is 1.31. The van der Waals surface area contributed by atoms with Gasteiger partial charge in [-0.25, -0.2) is 14.8 Å². The molecule has 1 aromatic carbocycles. The maximum Gasteiger partial charge on any atom is 0.323 e. The third kappa shape index (κ3) is 4.09. The van der Waals surface area contributed by atoms with E-state index < -0.39 is 0 Å². The normalized spacial score (nSPS) is 20.9. The number of benzene rings is 1. The molecule has 4 heterocycles. The lowest BCUT2D eigenvalue weighted by molar-refractivity contribution is 0.0974. The fourth-order valence-corrected chi connectivity index (χ4v) is 5.09. The molecule has 7 nitrogen and oxygen atoms in total. The maximum atomic E-state index is 13.1. The summed E-state index contributed by atoms with van der Waals surface area (Å²) in [5, 5.41) is 4.00. The third-order valence-electron chi connectivity index (χ3n) is 6.98. The number of rotatable bonds is 5. The van der Waals surface area contributed by atoms with Crippen LogP contribution in [0.3, 0.4) is 0 Å². The van der Waals surface area contributed by atoms with Crippen LogP contribution in [0.5, 0.6) is 0 Å². The fraction of sp³-hybridized carbons (Fsp3) is 0.480. The zero-order valence-corrected chi connectivity index (χ0v) is 18.9. The molecule has 1 N–H and O–H groups in total. The van der Waals surface area contributed by atoms with Crippen LogP contribution in [0.4, 0.5) is 10.6 Å². The lowest BCUT2D eigenvalue weighted by Crippen LogP contribution is -2.33. The van der Waals surface area contributed by atoms with Crippen LogP contribution in [0.2, 0.25) is 0 Å². The van der Waals surface area contributed by atoms with Crippen molar-refractivity contribution in [3.05, 3.63) is 53.5 Å². The van der Waals surface area contributed by atoms with Crippen molar-refractivity contribution in [2.45, 2.75) is 52.2 Å². The molecule has 2 amide bonds. The first-order valence-corrected chi connectivity index (χ1v) is 11.6. The number of likely N-dealkylation sites (tertiary alicyclic amines) is 1. The SMILES string of the molecule is Cc1c(C)n(C[C@@H]2CCCO2)c2ncnc(NC(=O)N3CC[C@H](Cc4ccccc4)C3)c12. The second-order valence-electron chi connectivity index (χ2n) is 9.10. The van der Waals surface area contributed by atoms with Gasteiger partial charge in [-0.2, -0.15) is 0 Å². The highest BCUT2D eigenvalue weighted by atomic mass is 16.5. The van der Waals surface area contributed by atoms with Crippen molar-refractivity contribution in [1.29, 1.82) is 0 Å². The molecule has 168 valence electrons. The number of nitrogens with zero attached hydrogens (tertiary/aromatic N) is 4. The number of nitrogens with one attached hydrogen (secondary N) is 1. The number of aryl methyl sites for hydroxylation is 1. The van der Waals surface area contributed by atoms with Crippen molar-refractivity contribution in [3.8, 4) is 0 Å². The van der Waals surface area contributed by atoms with Gasteiger partial charge in [0.15, 0.2) is 0 Å². The molecule has 0 unspecified atom stereocenters. The minimum Gasteiger partial charge on any atom is -0.376 e. The molecule has 5 rings (SSSR count). The van der Waals surface area contributed by atoms with Gasteiger partial charge >= 0.3 is 6.03 Å². The largest absolute Gasteiger partial charge is 0.376 e. The van der Waals surface area contributed by atoms with Gasteiger partial charge in [0.05, 0.1) is 18.0 Å². The average molecular weight is 434 g/mol. The number of aromatic nitrogens is 3. The van der Waals surface area contributed by atoms with Crippen LogP contribution in [0.1, 0.15) is 36.1 Å². The number of fused-ring (bicyclic) bond motifs is 1. The number of carbonyl (C=O) groups excluding carboxylic acids is 1. The van der Waals surface area contributed by atoms with Crippen LogP contribution in [0.25, 0.3) is 11.0 Å². The number of ether oxygens (including phenoxy) is 1. The molecule has 2 fully saturated rings. The van der Waals surface area contributed by atoms with Crippen molar-refractivity contribution in [1.82, 2.24) is 19.4 Å². The molecule has 2 aliphatic heterocycles. The van der Waals surface area contributed by atoms with E-state index in [1.54, 1.807) is 6.33 Å². The monoisotopic (exact) mass is 433 g/mol. The second kappa shape index (κ2) is 8.90. The smallest absolute Gasteiger partial charge is 0.323 e. The molecule has 3 aromatic rings. The van der Waals surface area contributed by atoms with Crippen molar-refractivity contribution in [2.24, 2.45) is 5.92 Å². The van der Waals surface area contributed by atoms with Gasteiger partial charge in [-0.1, -0.05) is 30.3 Å². The molecule has 0 aliphatic carbocycles. The van der Waals surface area contributed by atoms with E-state index in [4.69, 9.17) is 4.74 Å². The summed E-state index contributed by atoms with van der Waals surface area (Å²) in [7, 11) is 0. The standard InChI is InChI=1S/C25H31N5O2/c1-17-18(2)30(15-21-9-6-12-32-21)24-22(17)23(26-16-27-24)28-25(31)29-11-10-20(14-29)13-19-7-4-3-5-8-19/h3-5,7-8,16,20-21H,6,9-15H2,1-2H3,(H,26,27,28,31)/t20-,21+/m1/s1. The van der Waals surface area contributed by atoms with E-state index in [2.05, 4.69) is 58.0 Å². The molecule has 2 aromatic heterocycles. The average Bonchev–Trinajstić information content (AvgIpc) is 3.53. The topological polar surface area (TPSA) is 72.3 Å². The van der Waals surface area contributed by atoms with Gasteiger partial charge in [0.25, 0.3) is 0 Å².